The van der Waals surface area contributed by atoms with Gasteiger partial charge in [-0.3, -0.25) is 0 Å². The van der Waals surface area contributed by atoms with Gasteiger partial charge in [-0.15, -0.1) is 0 Å². The van der Waals surface area contributed by atoms with E-state index in [0.29, 0.717) is 24.2 Å². The zero-order chi connectivity index (χ0) is 41.9. The average Bonchev–Trinajstić information content (AvgIpc) is 3.87. The zero-order valence-electron chi connectivity index (χ0n) is 35.5. The van der Waals surface area contributed by atoms with Crippen LogP contribution in [-0.2, 0) is 46.4 Å². The molecule has 0 aliphatic carbocycles. The summed E-state index contributed by atoms with van der Waals surface area (Å²) in [5, 5.41) is 0. The van der Waals surface area contributed by atoms with Crippen LogP contribution in [0.25, 0.3) is 22.3 Å². The van der Waals surface area contributed by atoms with Crippen molar-refractivity contribution in [2.45, 2.75) is 92.3 Å². The van der Waals surface area contributed by atoms with Crippen LogP contribution in [-0.4, -0.2) is 26.9 Å². The molecule has 3 aromatic heterocycles. The lowest BCUT2D eigenvalue weighted by atomic mass is 9.82. The molecule has 7 rings (SSSR count). The van der Waals surface area contributed by atoms with E-state index in [4.69, 9.17) is 9.47 Å². The molecule has 0 unspecified atom stereocenters. The first-order valence-corrected chi connectivity index (χ1v) is 20.4. The number of hydrogen-bond donors (Lipinski definition) is 3. The molecular formula is C52H55N3O4. The predicted octanol–water partition coefficient (Wildman–Crippen LogP) is 12.1. The molecule has 7 aromatic rings. The highest BCUT2D eigenvalue weighted by Gasteiger charge is 2.32. The van der Waals surface area contributed by atoms with Crippen molar-refractivity contribution in [3.05, 3.63) is 189 Å². The van der Waals surface area contributed by atoms with Crippen molar-refractivity contribution in [3.63, 3.8) is 0 Å². The van der Waals surface area contributed by atoms with Crippen molar-refractivity contribution >= 4 is 11.9 Å². The Labute approximate surface area is 348 Å². The van der Waals surface area contributed by atoms with Gasteiger partial charge >= 0.3 is 11.9 Å². The molecule has 4 aromatic carbocycles. The molecule has 3 heterocycles. The number of ether oxygens (including phenoxy) is 2. The summed E-state index contributed by atoms with van der Waals surface area (Å²) in [4.78, 5) is 38.5. The SMILES string of the molecule is Cc1c(C(=O)OCc2ccccc2)[nH]c(Cc2[nH]c(Cc3[nH]c(C(=O)OCc4ccccc4)c(C)c3C(C)(C)C)c(-c3ccccc3)c2-c2ccccc2)c1C(C)(C)C. The lowest BCUT2D eigenvalue weighted by Crippen LogP contribution is -2.15. The molecule has 0 atom stereocenters. The fraction of sp³-hybridized carbons (Fsp3) is 0.269. The van der Waals surface area contributed by atoms with Gasteiger partial charge in [0.15, 0.2) is 0 Å². The third-order valence-electron chi connectivity index (χ3n) is 11.0. The Morgan fingerprint density at radius 3 is 1.10 bits per heavy atom. The smallest absolute Gasteiger partial charge is 0.355 e. The summed E-state index contributed by atoms with van der Waals surface area (Å²) in [7, 11) is 0. The highest BCUT2D eigenvalue weighted by Crippen LogP contribution is 2.43. The Balaban J connectivity index is 1.34. The summed E-state index contributed by atoms with van der Waals surface area (Å²) in [5.41, 5.74) is 14.5. The van der Waals surface area contributed by atoms with E-state index in [9.17, 15) is 9.59 Å². The molecule has 0 spiro atoms. The number of carbonyl (C=O) groups is 2. The largest absolute Gasteiger partial charge is 0.456 e. The molecule has 0 aliphatic heterocycles. The number of H-pyrrole nitrogens is 3. The van der Waals surface area contributed by atoms with E-state index < -0.39 is 0 Å². The third-order valence-corrected chi connectivity index (χ3v) is 11.0. The van der Waals surface area contributed by atoms with Gasteiger partial charge in [0.1, 0.15) is 24.6 Å². The standard InChI is InChI=1S/C52H55N3O4/c1-33-45(51(3,4)5)41(54-47(33)49(56)58-31-35-21-13-9-14-22-35)29-39-43(37-25-17-11-18-26-37)44(38-27-19-12-20-28-38)40(53-39)30-42-46(52(6,7)8)34(2)48(55-42)50(57)59-32-36-23-15-10-16-24-36/h9-28,53-55H,29-32H2,1-8H3. The molecule has 7 nitrogen and oxygen atoms in total. The van der Waals surface area contributed by atoms with E-state index in [-0.39, 0.29) is 36.0 Å². The Kier molecular flexibility index (Phi) is 11.7. The monoisotopic (exact) mass is 785 g/mol. The van der Waals surface area contributed by atoms with E-state index in [1.165, 1.54) is 0 Å². The van der Waals surface area contributed by atoms with Crippen LogP contribution in [0, 0.1) is 13.8 Å². The maximum absolute atomic E-state index is 13.7. The van der Waals surface area contributed by atoms with Gasteiger partial charge in [-0.1, -0.05) is 163 Å². The van der Waals surface area contributed by atoms with Gasteiger partial charge in [-0.05, 0) is 69.2 Å². The van der Waals surface area contributed by atoms with Crippen molar-refractivity contribution < 1.29 is 19.1 Å². The molecule has 0 radical (unpaired) electrons. The number of carbonyl (C=O) groups excluding carboxylic acids is 2. The van der Waals surface area contributed by atoms with Crippen LogP contribution in [0.4, 0.5) is 0 Å². The van der Waals surface area contributed by atoms with E-state index in [1.54, 1.807) is 0 Å². The van der Waals surface area contributed by atoms with Gasteiger partial charge in [0, 0.05) is 46.7 Å². The Morgan fingerprint density at radius 1 is 0.458 bits per heavy atom. The van der Waals surface area contributed by atoms with Gasteiger partial charge in [0.05, 0.1) is 0 Å². The second kappa shape index (κ2) is 16.9. The molecule has 0 saturated carbocycles. The maximum atomic E-state index is 13.7. The van der Waals surface area contributed by atoms with Gasteiger partial charge in [-0.25, -0.2) is 9.59 Å². The molecule has 0 aliphatic rings. The predicted molar refractivity (Wildman–Crippen MR) is 237 cm³/mol. The Bertz CT molecular complexity index is 2370. The highest BCUT2D eigenvalue weighted by molar-refractivity contribution is 5.92. The van der Waals surface area contributed by atoms with Crippen molar-refractivity contribution in [3.8, 4) is 22.3 Å². The van der Waals surface area contributed by atoms with E-state index in [1.807, 2.05) is 86.6 Å². The van der Waals surface area contributed by atoms with Gasteiger partial charge in [-0.2, -0.15) is 0 Å². The number of esters is 2. The summed E-state index contributed by atoms with van der Waals surface area (Å²) in [6, 6.07) is 40.5. The van der Waals surface area contributed by atoms with E-state index in [2.05, 4.69) is 105 Å². The van der Waals surface area contributed by atoms with Gasteiger partial charge < -0.3 is 24.4 Å². The first-order chi connectivity index (χ1) is 28.2. The minimum Gasteiger partial charge on any atom is -0.456 e. The van der Waals surface area contributed by atoms with Crippen LogP contribution < -0.4 is 0 Å². The second-order valence-corrected chi connectivity index (χ2v) is 17.5. The number of benzene rings is 4. The molecule has 59 heavy (non-hydrogen) atoms. The average molecular weight is 786 g/mol. The Hall–Kier alpha value is -6.34. The molecule has 0 amide bonds. The first-order valence-electron chi connectivity index (χ1n) is 20.4. The van der Waals surface area contributed by atoms with Crippen molar-refractivity contribution in [2.75, 3.05) is 0 Å². The van der Waals surface area contributed by atoms with Crippen molar-refractivity contribution in [1.82, 2.24) is 15.0 Å². The third kappa shape index (κ3) is 8.90. The summed E-state index contributed by atoms with van der Waals surface area (Å²) in [5.74, 6) is -0.753. The molecule has 0 bridgehead atoms. The van der Waals surface area contributed by atoms with Crippen LogP contribution in [0.15, 0.2) is 121 Å². The molecule has 7 heteroatoms. The summed E-state index contributed by atoms with van der Waals surface area (Å²) < 4.78 is 11.7. The molecule has 0 saturated heterocycles. The van der Waals surface area contributed by atoms with Crippen molar-refractivity contribution in [1.29, 1.82) is 0 Å². The van der Waals surface area contributed by atoms with E-state index in [0.717, 1.165) is 78.4 Å². The van der Waals surface area contributed by atoms with Crippen LogP contribution in [0.2, 0.25) is 0 Å². The zero-order valence-corrected chi connectivity index (χ0v) is 35.5. The topological polar surface area (TPSA) is 100.0 Å². The second-order valence-electron chi connectivity index (χ2n) is 17.5. The van der Waals surface area contributed by atoms with Crippen LogP contribution in [0.5, 0.6) is 0 Å². The summed E-state index contributed by atoms with van der Waals surface area (Å²) in [6.45, 7) is 17.5. The van der Waals surface area contributed by atoms with Crippen molar-refractivity contribution in [2.24, 2.45) is 0 Å². The maximum Gasteiger partial charge on any atom is 0.355 e. The minimum atomic E-state index is -0.376. The fourth-order valence-corrected chi connectivity index (χ4v) is 8.69. The molecule has 3 N–H and O–H groups in total. The summed E-state index contributed by atoms with van der Waals surface area (Å²) in [6.07, 6.45) is 1.02. The molecular weight excluding hydrogens is 731 g/mol. The number of rotatable bonds is 12. The number of aromatic amines is 3. The van der Waals surface area contributed by atoms with Crippen LogP contribution in [0.1, 0.15) is 119 Å². The molecule has 302 valence electrons. The number of aromatic nitrogens is 3. The number of hydrogen-bond acceptors (Lipinski definition) is 4. The van der Waals surface area contributed by atoms with Crippen LogP contribution in [0.3, 0.4) is 0 Å². The fourth-order valence-electron chi connectivity index (χ4n) is 8.69. The first kappa shape index (κ1) is 40.8. The molecule has 0 fully saturated rings. The lowest BCUT2D eigenvalue weighted by molar-refractivity contribution is 0.0457. The Morgan fingerprint density at radius 2 is 0.780 bits per heavy atom. The van der Waals surface area contributed by atoms with E-state index >= 15 is 0 Å². The lowest BCUT2D eigenvalue weighted by Gasteiger charge is -2.21. The van der Waals surface area contributed by atoms with Gasteiger partial charge in [0.25, 0.3) is 0 Å². The minimum absolute atomic E-state index is 0.193. The van der Waals surface area contributed by atoms with Gasteiger partial charge in [0.2, 0.25) is 0 Å². The number of nitrogens with one attached hydrogen (secondary N) is 3. The summed E-state index contributed by atoms with van der Waals surface area (Å²) >= 11 is 0. The highest BCUT2D eigenvalue weighted by atomic mass is 16.5. The quantitative estimate of drug-likeness (QED) is 0.107. The van der Waals surface area contributed by atoms with Crippen LogP contribution >= 0.6 is 0 Å². The normalized spacial score (nSPS) is 11.8.